The van der Waals surface area contributed by atoms with Crippen molar-refractivity contribution in [2.24, 2.45) is 0 Å². The third kappa shape index (κ3) is 4.14. The minimum atomic E-state index is -0.749. The summed E-state index contributed by atoms with van der Waals surface area (Å²) in [7, 11) is 0. The van der Waals surface area contributed by atoms with Crippen molar-refractivity contribution in [3.8, 4) is 0 Å². The molecule has 0 aliphatic rings. The summed E-state index contributed by atoms with van der Waals surface area (Å²) >= 11 is 0. The third-order valence-electron chi connectivity index (χ3n) is 3.65. The van der Waals surface area contributed by atoms with E-state index < -0.39 is 6.10 Å². The number of rotatable bonds is 6. The Bertz CT molecular complexity index is 569. The first-order valence-electron chi connectivity index (χ1n) is 7.26. The summed E-state index contributed by atoms with van der Waals surface area (Å²) in [5.41, 5.74) is 4.77. The Hall–Kier alpha value is -1.68. The fourth-order valence-electron chi connectivity index (χ4n) is 2.44. The van der Waals surface area contributed by atoms with Gasteiger partial charge in [-0.05, 0) is 30.5 Å². The van der Waals surface area contributed by atoms with Crippen LogP contribution in [-0.4, -0.2) is 29.5 Å². The zero-order chi connectivity index (χ0) is 15.2. The molecule has 21 heavy (non-hydrogen) atoms. The highest BCUT2D eigenvalue weighted by molar-refractivity contribution is 5.39. The molecule has 0 heterocycles. The molecule has 0 spiro atoms. The van der Waals surface area contributed by atoms with Crippen LogP contribution >= 0.6 is 0 Å². The zero-order valence-electron chi connectivity index (χ0n) is 12.6. The van der Waals surface area contributed by atoms with Gasteiger partial charge in [0.1, 0.15) is 0 Å². The SMILES string of the molecule is Cc1ccc(C)c(C(NCC(O)CO)c2ccccc2)c1. The van der Waals surface area contributed by atoms with Gasteiger partial charge in [0.2, 0.25) is 0 Å². The van der Waals surface area contributed by atoms with Crippen molar-refractivity contribution in [2.45, 2.75) is 26.0 Å². The Morgan fingerprint density at radius 1 is 1.05 bits per heavy atom. The maximum atomic E-state index is 9.61. The van der Waals surface area contributed by atoms with Crippen LogP contribution < -0.4 is 5.32 Å². The van der Waals surface area contributed by atoms with Crippen LogP contribution in [0.15, 0.2) is 48.5 Å². The maximum Gasteiger partial charge on any atom is 0.0895 e. The number of nitrogens with one attached hydrogen (secondary N) is 1. The molecule has 3 nitrogen and oxygen atoms in total. The van der Waals surface area contributed by atoms with Gasteiger partial charge in [-0.1, -0.05) is 54.1 Å². The van der Waals surface area contributed by atoms with Crippen molar-refractivity contribution in [3.05, 3.63) is 70.8 Å². The molecule has 2 atom stereocenters. The lowest BCUT2D eigenvalue weighted by atomic mass is 9.93. The summed E-state index contributed by atoms with van der Waals surface area (Å²) in [6, 6.07) is 16.6. The van der Waals surface area contributed by atoms with Gasteiger partial charge >= 0.3 is 0 Å². The van der Waals surface area contributed by atoms with Crippen molar-refractivity contribution in [3.63, 3.8) is 0 Å². The van der Waals surface area contributed by atoms with Gasteiger partial charge in [0.25, 0.3) is 0 Å². The fraction of sp³-hybridized carbons (Fsp3) is 0.333. The molecule has 0 aromatic heterocycles. The van der Waals surface area contributed by atoms with Gasteiger partial charge in [-0.2, -0.15) is 0 Å². The molecule has 0 amide bonds. The number of aryl methyl sites for hydroxylation is 2. The van der Waals surface area contributed by atoms with Crippen LogP contribution in [0.4, 0.5) is 0 Å². The Balaban J connectivity index is 2.33. The molecule has 2 aromatic rings. The van der Waals surface area contributed by atoms with E-state index in [4.69, 9.17) is 5.11 Å². The Morgan fingerprint density at radius 3 is 2.43 bits per heavy atom. The zero-order valence-corrected chi connectivity index (χ0v) is 12.6. The second kappa shape index (κ2) is 7.36. The number of hydrogen-bond donors (Lipinski definition) is 3. The second-order valence-corrected chi connectivity index (χ2v) is 5.45. The van der Waals surface area contributed by atoms with Gasteiger partial charge in [0.15, 0.2) is 0 Å². The van der Waals surface area contributed by atoms with Crippen LogP contribution in [0, 0.1) is 13.8 Å². The molecular weight excluding hydrogens is 262 g/mol. The van der Waals surface area contributed by atoms with Crippen molar-refractivity contribution < 1.29 is 10.2 Å². The van der Waals surface area contributed by atoms with E-state index >= 15 is 0 Å². The van der Waals surface area contributed by atoms with Gasteiger partial charge in [-0.25, -0.2) is 0 Å². The molecule has 0 fully saturated rings. The fourth-order valence-corrected chi connectivity index (χ4v) is 2.44. The van der Waals surface area contributed by atoms with Crippen LogP contribution in [-0.2, 0) is 0 Å². The van der Waals surface area contributed by atoms with Crippen molar-refractivity contribution in [1.82, 2.24) is 5.32 Å². The maximum absolute atomic E-state index is 9.61. The lowest BCUT2D eigenvalue weighted by Gasteiger charge is -2.23. The molecular formula is C18H23NO2. The van der Waals surface area contributed by atoms with Crippen molar-refractivity contribution in [1.29, 1.82) is 0 Å². The van der Waals surface area contributed by atoms with Gasteiger partial charge in [0.05, 0.1) is 18.8 Å². The Labute approximate surface area is 126 Å². The number of benzene rings is 2. The normalized spacial score (nSPS) is 13.9. The molecule has 2 rings (SSSR count). The van der Waals surface area contributed by atoms with Gasteiger partial charge in [-0.15, -0.1) is 0 Å². The largest absolute Gasteiger partial charge is 0.394 e. The van der Waals surface area contributed by atoms with Gasteiger partial charge in [0, 0.05) is 6.54 Å². The number of aliphatic hydroxyl groups is 2. The summed E-state index contributed by atoms with van der Waals surface area (Å²) < 4.78 is 0. The number of hydrogen-bond acceptors (Lipinski definition) is 3. The van der Waals surface area contributed by atoms with Gasteiger partial charge < -0.3 is 15.5 Å². The molecule has 112 valence electrons. The standard InChI is InChI=1S/C18H23NO2/c1-13-8-9-14(2)17(10-13)18(19-11-16(21)12-20)15-6-4-3-5-7-15/h3-10,16,18-21H,11-12H2,1-2H3. The van der Waals surface area contributed by atoms with Crippen molar-refractivity contribution >= 4 is 0 Å². The molecule has 2 aromatic carbocycles. The second-order valence-electron chi connectivity index (χ2n) is 5.45. The topological polar surface area (TPSA) is 52.5 Å². The van der Waals surface area contributed by atoms with E-state index in [1.165, 1.54) is 16.7 Å². The molecule has 0 aliphatic heterocycles. The average molecular weight is 285 g/mol. The molecule has 0 bridgehead atoms. The van der Waals surface area contributed by atoms with E-state index in [1.54, 1.807) is 0 Å². The van der Waals surface area contributed by atoms with E-state index in [1.807, 2.05) is 18.2 Å². The minimum absolute atomic E-state index is 0.00676. The predicted molar refractivity (Wildman–Crippen MR) is 85.3 cm³/mol. The summed E-state index contributed by atoms with van der Waals surface area (Å²) in [6.45, 7) is 4.28. The van der Waals surface area contributed by atoms with Crippen LogP contribution in [0.5, 0.6) is 0 Å². The Kier molecular flexibility index (Phi) is 5.51. The van der Waals surface area contributed by atoms with Gasteiger partial charge in [-0.3, -0.25) is 0 Å². The lowest BCUT2D eigenvalue weighted by molar-refractivity contribution is 0.0929. The van der Waals surface area contributed by atoms with E-state index in [2.05, 4.69) is 49.5 Å². The average Bonchev–Trinajstić information content (AvgIpc) is 2.51. The molecule has 2 unspecified atom stereocenters. The van der Waals surface area contributed by atoms with Crippen LogP contribution in [0.3, 0.4) is 0 Å². The van der Waals surface area contributed by atoms with E-state index in [9.17, 15) is 5.11 Å². The van der Waals surface area contributed by atoms with E-state index in [-0.39, 0.29) is 12.6 Å². The van der Waals surface area contributed by atoms with Crippen LogP contribution in [0.1, 0.15) is 28.3 Å². The first kappa shape index (κ1) is 15.7. The lowest BCUT2D eigenvalue weighted by Crippen LogP contribution is -2.33. The smallest absolute Gasteiger partial charge is 0.0895 e. The molecule has 0 aliphatic carbocycles. The predicted octanol–water partition coefficient (Wildman–Crippen LogP) is 2.34. The van der Waals surface area contributed by atoms with E-state index in [0.29, 0.717) is 6.54 Å². The highest BCUT2D eigenvalue weighted by Gasteiger charge is 2.17. The molecule has 0 radical (unpaired) electrons. The summed E-state index contributed by atoms with van der Waals surface area (Å²) in [6.07, 6.45) is -0.749. The molecule has 3 heteroatoms. The van der Waals surface area contributed by atoms with Crippen molar-refractivity contribution in [2.75, 3.05) is 13.2 Å². The third-order valence-corrected chi connectivity index (χ3v) is 3.65. The summed E-state index contributed by atoms with van der Waals surface area (Å²) in [4.78, 5) is 0. The Morgan fingerprint density at radius 2 is 1.76 bits per heavy atom. The van der Waals surface area contributed by atoms with Crippen LogP contribution in [0.25, 0.3) is 0 Å². The molecule has 3 N–H and O–H groups in total. The minimum Gasteiger partial charge on any atom is -0.394 e. The highest BCUT2D eigenvalue weighted by Crippen LogP contribution is 2.25. The number of aliphatic hydroxyl groups excluding tert-OH is 2. The monoisotopic (exact) mass is 285 g/mol. The summed E-state index contributed by atoms with van der Waals surface area (Å²) in [5, 5.41) is 22.0. The molecule has 0 saturated heterocycles. The first-order valence-corrected chi connectivity index (χ1v) is 7.26. The summed E-state index contributed by atoms with van der Waals surface area (Å²) in [5.74, 6) is 0. The van der Waals surface area contributed by atoms with E-state index in [0.717, 1.165) is 5.56 Å². The quantitative estimate of drug-likeness (QED) is 0.763. The molecule has 0 saturated carbocycles. The first-order chi connectivity index (χ1) is 10.1. The highest BCUT2D eigenvalue weighted by atomic mass is 16.3. The van der Waals surface area contributed by atoms with Crippen LogP contribution in [0.2, 0.25) is 0 Å².